The summed E-state index contributed by atoms with van der Waals surface area (Å²) in [5, 5.41) is 13.9. The number of rotatable bonds is 18. The van der Waals surface area contributed by atoms with Crippen LogP contribution in [0.1, 0.15) is 71.4 Å². The monoisotopic (exact) mass is 893 g/mol. The Morgan fingerprint density at radius 3 is 2.16 bits per heavy atom. The molecule has 0 radical (unpaired) electrons. The minimum absolute atomic E-state index is 0. The van der Waals surface area contributed by atoms with E-state index in [0.29, 0.717) is 42.1 Å². The molecule has 0 spiro atoms. The summed E-state index contributed by atoms with van der Waals surface area (Å²) >= 11 is 0.786. The van der Waals surface area contributed by atoms with E-state index in [9.17, 15) is 44.2 Å². The molecule has 2 aromatic rings. The van der Waals surface area contributed by atoms with Crippen molar-refractivity contribution in [1.29, 1.82) is 0 Å². The van der Waals surface area contributed by atoms with E-state index in [4.69, 9.17) is 0 Å². The van der Waals surface area contributed by atoms with Gasteiger partial charge in [-0.05, 0) is 82.0 Å². The average molecular weight is 894 g/mol. The van der Waals surface area contributed by atoms with Crippen molar-refractivity contribution in [2.75, 3.05) is 29.5 Å². The SMILES string of the molecule is CC(C=CC1=[N+](CCCCS(=O)(=O)O)c2ccc(SOO[O-])cc2C1(C)C)=CC=C/C=C1/N(CCCCS(=O)(=O)[O-])c2ccc(S(=O)(=O)[O-])cc2C1(C)C.[Na+].[Na+].[Na+]. The van der Waals surface area contributed by atoms with Gasteiger partial charge in [0.05, 0.1) is 38.2 Å². The molecule has 0 saturated carbocycles. The largest absolute Gasteiger partial charge is 1.00 e. The molecule has 296 valence electrons. The Kier molecular flexibility index (Phi) is 21.9. The summed E-state index contributed by atoms with van der Waals surface area (Å²) in [4.78, 5) is 2.25. The molecule has 0 fully saturated rings. The summed E-state index contributed by atoms with van der Waals surface area (Å²) < 4.78 is 107. The minimum Gasteiger partial charge on any atom is -0.748 e. The predicted octanol–water partition coefficient (Wildman–Crippen LogP) is -4.06. The fourth-order valence-corrected chi connectivity index (χ4v) is 8.79. The number of hydrogen-bond donors (Lipinski definition) is 1. The molecular formula is C36H44N2Na3O12S4+. The summed E-state index contributed by atoms with van der Waals surface area (Å²) in [6, 6.07) is 9.78. The molecule has 0 bridgehead atoms. The van der Waals surface area contributed by atoms with Gasteiger partial charge >= 0.3 is 88.7 Å². The van der Waals surface area contributed by atoms with Crippen LogP contribution >= 0.6 is 12.0 Å². The van der Waals surface area contributed by atoms with Gasteiger partial charge in [-0.1, -0.05) is 43.7 Å². The standard InChI is InChI=1S/C36H46N2O12S4.3Na/c1-26(14-19-34-35(2,3)29-24-27(51-50-49-39)15-17-31(29)38(34)21-9-11-23-53(43,44)45)12-6-7-13-33-36(4,5)30-25-28(54(46,47)48)16-18-32(30)37(33)20-8-10-22-52(40,41)42;;;/h6-7,12-19,24-25H,8-11,20-23H2,1-5H3,(H3-,39,40,41,42,43,44,45,46,47,48);;;/q;3*+1/p-2. The number of unbranched alkanes of at least 4 members (excludes halogenated alkanes) is 2. The smallest absolute Gasteiger partial charge is 0.748 e. The van der Waals surface area contributed by atoms with E-state index < -0.39 is 46.9 Å². The van der Waals surface area contributed by atoms with Crippen molar-refractivity contribution in [3.05, 3.63) is 95.3 Å². The van der Waals surface area contributed by atoms with Gasteiger partial charge in [0.15, 0.2) is 5.71 Å². The van der Waals surface area contributed by atoms with Gasteiger partial charge in [-0.25, -0.2) is 16.8 Å². The fourth-order valence-electron chi connectivity index (χ4n) is 6.77. The Bertz CT molecular complexity index is 2240. The predicted molar refractivity (Wildman–Crippen MR) is 202 cm³/mol. The third-order valence-electron chi connectivity index (χ3n) is 9.46. The summed E-state index contributed by atoms with van der Waals surface area (Å²) in [6.45, 7) is 10.7. The van der Waals surface area contributed by atoms with Gasteiger partial charge in [0.25, 0.3) is 10.1 Å². The maximum Gasteiger partial charge on any atom is 1.00 e. The molecule has 2 aliphatic rings. The van der Waals surface area contributed by atoms with E-state index in [0.717, 1.165) is 40.3 Å². The second-order valence-corrected chi connectivity index (χ2v) is 19.4. The van der Waals surface area contributed by atoms with Gasteiger partial charge in [0, 0.05) is 58.1 Å². The minimum atomic E-state index is -4.71. The zero-order chi connectivity index (χ0) is 40.1. The molecule has 0 amide bonds. The molecular weight excluding hydrogens is 850 g/mol. The zero-order valence-electron chi connectivity index (χ0n) is 33.6. The van der Waals surface area contributed by atoms with Crippen LogP contribution in [0.3, 0.4) is 0 Å². The van der Waals surface area contributed by atoms with E-state index in [2.05, 4.69) is 27.8 Å². The van der Waals surface area contributed by atoms with Crippen molar-refractivity contribution in [1.82, 2.24) is 0 Å². The van der Waals surface area contributed by atoms with Crippen LogP contribution in [0.4, 0.5) is 11.4 Å². The van der Waals surface area contributed by atoms with Crippen LogP contribution in [0.5, 0.6) is 0 Å². The molecule has 1 N–H and O–H groups in total. The van der Waals surface area contributed by atoms with Gasteiger partial charge in [-0.2, -0.15) is 17.3 Å². The molecule has 2 aromatic carbocycles. The molecule has 0 atom stereocenters. The van der Waals surface area contributed by atoms with E-state index >= 15 is 0 Å². The number of hydrogen-bond acceptors (Lipinski definition) is 13. The topological polar surface area (TPSA) is 217 Å². The third kappa shape index (κ3) is 15.0. The average Bonchev–Trinajstić information content (AvgIpc) is 3.41. The molecule has 0 saturated heterocycles. The Morgan fingerprint density at radius 2 is 1.54 bits per heavy atom. The Morgan fingerprint density at radius 1 is 0.877 bits per heavy atom. The maximum absolute atomic E-state index is 11.8. The van der Waals surface area contributed by atoms with Crippen LogP contribution in [-0.4, -0.2) is 73.8 Å². The molecule has 0 unspecified atom stereocenters. The molecule has 2 heterocycles. The maximum atomic E-state index is 11.8. The van der Waals surface area contributed by atoms with Crippen molar-refractivity contribution in [3.63, 3.8) is 0 Å². The van der Waals surface area contributed by atoms with Gasteiger partial charge < -0.3 is 19.3 Å². The number of benzene rings is 2. The molecule has 4 rings (SSSR count). The first-order valence-corrected chi connectivity index (χ1v) is 22.3. The molecule has 2 aliphatic heterocycles. The van der Waals surface area contributed by atoms with Crippen LogP contribution in [0, 0.1) is 0 Å². The first kappa shape index (κ1) is 54.8. The number of fused-ring (bicyclic) bond motifs is 2. The normalized spacial score (nSPS) is 17.1. The molecule has 21 heteroatoms. The fraction of sp³-hybridized carbons (Fsp3) is 0.417. The van der Waals surface area contributed by atoms with E-state index in [1.54, 1.807) is 12.1 Å². The molecule has 0 aromatic heterocycles. The third-order valence-corrected chi connectivity index (χ3v) is 12.5. The first-order valence-electron chi connectivity index (χ1n) is 17.0. The number of nitrogens with zero attached hydrogens (tertiary/aromatic N) is 2. The zero-order valence-corrected chi connectivity index (χ0v) is 42.8. The summed E-state index contributed by atoms with van der Waals surface area (Å²) in [5.41, 5.74) is 4.58. The summed E-state index contributed by atoms with van der Waals surface area (Å²) in [5.74, 6) is -0.840. The van der Waals surface area contributed by atoms with Gasteiger partial charge in [0.2, 0.25) is 5.69 Å². The van der Waals surface area contributed by atoms with Gasteiger partial charge in [0.1, 0.15) is 16.7 Å². The van der Waals surface area contributed by atoms with Crippen molar-refractivity contribution in [3.8, 4) is 0 Å². The number of allylic oxidation sites excluding steroid dienone is 8. The van der Waals surface area contributed by atoms with Crippen molar-refractivity contribution in [2.45, 2.75) is 80.9 Å². The van der Waals surface area contributed by atoms with Gasteiger partial charge in [-0.3, -0.25) is 9.59 Å². The quantitative estimate of drug-likeness (QED) is 0.0221. The van der Waals surface area contributed by atoms with Crippen LogP contribution in [0.2, 0.25) is 0 Å². The second-order valence-electron chi connectivity index (χ2n) is 14.1. The van der Waals surface area contributed by atoms with Gasteiger partial charge in [-0.15, -0.1) is 0 Å². The molecule has 57 heavy (non-hydrogen) atoms. The van der Waals surface area contributed by atoms with Crippen LogP contribution in [-0.2, 0) is 50.6 Å². The molecule has 0 aliphatic carbocycles. The second kappa shape index (κ2) is 22.8. The van der Waals surface area contributed by atoms with E-state index in [1.807, 2.05) is 74.3 Å². The van der Waals surface area contributed by atoms with E-state index in [-0.39, 0.29) is 112 Å². The molecule has 14 nitrogen and oxygen atoms in total. The van der Waals surface area contributed by atoms with Crippen LogP contribution in [0.15, 0.2) is 93.9 Å². The number of anilines is 1. The summed E-state index contributed by atoms with van der Waals surface area (Å²) in [7, 11) is -13.2. The summed E-state index contributed by atoms with van der Waals surface area (Å²) in [6.07, 6.45) is 12.7. The first-order chi connectivity index (χ1) is 25.1. The Hall–Kier alpha value is -0.170. The van der Waals surface area contributed by atoms with Crippen molar-refractivity contribution in [2.24, 2.45) is 0 Å². The van der Waals surface area contributed by atoms with Crippen molar-refractivity contribution >= 4 is 59.5 Å². The van der Waals surface area contributed by atoms with E-state index in [1.165, 1.54) is 12.1 Å². The van der Waals surface area contributed by atoms with Crippen LogP contribution < -0.4 is 98.8 Å². The van der Waals surface area contributed by atoms with Crippen molar-refractivity contribution < 1.29 is 147 Å². The Balaban J connectivity index is 0.00000541. The Labute approximate surface area is 407 Å². The van der Waals surface area contributed by atoms with Crippen LogP contribution in [0.25, 0.3) is 0 Å².